The van der Waals surface area contributed by atoms with Gasteiger partial charge in [0.05, 0.1) is 0 Å². The fourth-order valence-electron chi connectivity index (χ4n) is 4.59. The summed E-state index contributed by atoms with van der Waals surface area (Å²) in [6, 6.07) is 12.4. The molecule has 0 aromatic heterocycles. The van der Waals surface area contributed by atoms with E-state index in [1.54, 1.807) is 0 Å². The van der Waals surface area contributed by atoms with Crippen LogP contribution in [0.4, 0.5) is 0 Å². The maximum absolute atomic E-state index is 3.95. The zero-order chi connectivity index (χ0) is 14.3. The van der Waals surface area contributed by atoms with Gasteiger partial charge < -0.3 is 5.32 Å². The van der Waals surface area contributed by atoms with Crippen LogP contribution in [-0.2, 0) is 0 Å². The maximum Gasteiger partial charge on any atom is 0.0476 e. The molecule has 3 fully saturated rings. The molecule has 0 radical (unpaired) electrons. The molecular weight excluding hydrogens is 256 g/mol. The molecule has 1 aliphatic heterocycles. The van der Waals surface area contributed by atoms with E-state index in [2.05, 4.69) is 47.5 Å². The van der Waals surface area contributed by atoms with Gasteiger partial charge in [-0.1, -0.05) is 43.2 Å². The minimum atomic E-state index is 0.425. The molecular formula is C19H28N2. The molecule has 1 heterocycles. The molecule has 2 aliphatic carbocycles. The third-order valence-electron chi connectivity index (χ3n) is 6.13. The molecule has 2 saturated carbocycles. The van der Waals surface area contributed by atoms with Crippen molar-refractivity contribution in [2.24, 2.45) is 5.92 Å². The average molecular weight is 284 g/mol. The third kappa shape index (κ3) is 2.64. The van der Waals surface area contributed by atoms with E-state index in [9.17, 15) is 0 Å². The van der Waals surface area contributed by atoms with Crippen LogP contribution in [0.15, 0.2) is 30.3 Å². The molecule has 1 aromatic carbocycles. The Labute approximate surface area is 128 Å². The summed E-state index contributed by atoms with van der Waals surface area (Å²) in [5, 5.41) is 3.95. The molecule has 1 saturated heterocycles. The quantitative estimate of drug-likeness (QED) is 0.909. The monoisotopic (exact) mass is 284 g/mol. The molecule has 1 N–H and O–H groups in total. The first kappa shape index (κ1) is 13.8. The van der Waals surface area contributed by atoms with Crippen LogP contribution in [0, 0.1) is 5.92 Å². The van der Waals surface area contributed by atoms with E-state index in [1.807, 2.05) is 0 Å². The van der Waals surface area contributed by atoms with Crippen molar-refractivity contribution in [3.05, 3.63) is 35.9 Å². The van der Waals surface area contributed by atoms with E-state index in [4.69, 9.17) is 0 Å². The minimum absolute atomic E-state index is 0.425. The van der Waals surface area contributed by atoms with Crippen molar-refractivity contribution in [3.8, 4) is 0 Å². The standard InChI is InChI=1S/C19H28N2/c1-15(16-9-10-16)21-14-19(11-5-6-12-19)20-13-18(21)17-7-3-2-4-8-17/h2-4,7-8,15-16,18,20H,5-6,9-14H2,1H3. The van der Waals surface area contributed by atoms with Crippen molar-refractivity contribution in [2.45, 2.75) is 63.1 Å². The lowest BCUT2D eigenvalue weighted by Gasteiger charge is -2.49. The summed E-state index contributed by atoms with van der Waals surface area (Å²) < 4.78 is 0. The molecule has 3 aliphatic rings. The van der Waals surface area contributed by atoms with E-state index in [-0.39, 0.29) is 0 Å². The molecule has 114 valence electrons. The predicted molar refractivity (Wildman–Crippen MR) is 87.3 cm³/mol. The van der Waals surface area contributed by atoms with Gasteiger partial charge in [-0.15, -0.1) is 0 Å². The number of hydrogen-bond donors (Lipinski definition) is 1. The number of piperazine rings is 1. The number of nitrogens with one attached hydrogen (secondary N) is 1. The molecule has 0 amide bonds. The third-order valence-corrected chi connectivity index (χ3v) is 6.13. The van der Waals surface area contributed by atoms with Gasteiger partial charge in [0.25, 0.3) is 0 Å². The van der Waals surface area contributed by atoms with Crippen molar-refractivity contribution in [2.75, 3.05) is 13.1 Å². The zero-order valence-electron chi connectivity index (χ0n) is 13.2. The Balaban J connectivity index is 1.60. The van der Waals surface area contributed by atoms with Gasteiger partial charge in [-0.2, -0.15) is 0 Å². The average Bonchev–Trinajstić information content (AvgIpc) is 3.29. The van der Waals surface area contributed by atoms with E-state index in [0.29, 0.717) is 11.6 Å². The second-order valence-corrected chi connectivity index (χ2v) is 7.55. The summed E-state index contributed by atoms with van der Waals surface area (Å²) >= 11 is 0. The highest BCUT2D eigenvalue weighted by Gasteiger charge is 2.45. The van der Waals surface area contributed by atoms with Crippen molar-refractivity contribution < 1.29 is 0 Å². The van der Waals surface area contributed by atoms with E-state index >= 15 is 0 Å². The minimum Gasteiger partial charge on any atom is -0.308 e. The summed E-state index contributed by atoms with van der Waals surface area (Å²) in [4.78, 5) is 2.84. The van der Waals surface area contributed by atoms with E-state index < -0.39 is 0 Å². The van der Waals surface area contributed by atoms with Crippen LogP contribution in [0.2, 0.25) is 0 Å². The summed E-state index contributed by atoms with van der Waals surface area (Å²) in [5.74, 6) is 0.952. The normalized spacial score (nSPS) is 30.6. The Bertz CT molecular complexity index is 474. The Morgan fingerprint density at radius 3 is 2.52 bits per heavy atom. The predicted octanol–water partition coefficient (Wildman–Crippen LogP) is 3.74. The first-order chi connectivity index (χ1) is 10.3. The number of nitrogens with zero attached hydrogens (tertiary/aromatic N) is 1. The van der Waals surface area contributed by atoms with Crippen LogP contribution in [0.1, 0.15) is 57.1 Å². The highest BCUT2D eigenvalue weighted by molar-refractivity contribution is 5.22. The Hall–Kier alpha value is -0.860. The van der Waals surface area contributed by atoms with Gasteiger partial charge >= 0.3 is 0 Å². The summed E-state index contributed by atoms with van der Waals surface area (Å²) in [6.07, 6.45) is 8.47. The SMILES string of the molecule is CC(C1CC1)N1CC2(CCCC2)NCC1c1ccccc1. The highest BCUT2D eigenvalue weighted by Crippen LogP contribution is 2.42. The van der Waals surface area contributed by atoms with Gasteiger partial charge in [0.2, 0.25) is 0 Å². The lowest BCUT2D eigenvalue weighted by molar-refractivity contribution is 0.0400. The number of benzene rings is 1. The highest BCUT2D eigenvalue weighted by atomic mass is 15.3. The molecule has 4 rings (SSSR count). The molecule has 2 atom stereocenters. The molecule has 21 heavy (non-hydrogen) atoms. The molecule has 2 nitrogen and oxygen atoms in total. The first-order valence-corrected chi connectivity index (χ1v) is 8.83. The molecule has 2 unspecified atom stereocenters. The van der Waals surface area contributed by atoms with Crippen LogP contribution in [0.25, 0.3) is 0 Å². The number of rotatable bonds is 3. The summed E-state index contributed by atoms with van der Waals surface area (Å²) in [7, 11) is 0. The Morgan fingerprint density at radius 1 is 1.14 bits per heavy atom. The van der Waals surface area contributed by atoms with Crippen molar-refractivity contribution in [1.29, 1.82) is 0 Å². The zero-order valence-corrected chi connectivity index (χ0v) is 13.2. The first-order valence-electron chi connectivity index (χ1n) is 8.83. The van der Waals surface area contributed by atoms with E-state index in [0.717, 1.165) is 18.5 Å². The molecule has 0 bridgehead atoms. The van der Waals surface area contributed by atoms with Crippen molar-refractivity contribution in [3.63, 3.8) is 0 Å². The van der Waals surface area contributed by atoms with Gasteiger partial charge in [0.1, 0.15) is 0 Å². The van der Waals surface area contributed by atoms with Crippen LogP contribution in [0.3, 0.4) is 0 Å². The fraction of sp³-hybridized carbons (Fsp3) is 0.684. The van der Waals surface area contributed by atoms with Gasteiger partial charge in [-0.05, 0) is 44.1 Å². The van der Waals surface area contributed by atoms with Crippen molar-refractivity contribution in [1.82, 2.24) is 10.2 Å². The molecule has 1 aromatic rings. The van der Waals surface area contributed by atoms with Gasteiger partial charge in [0, 0.05) is 30.7 Å². The molecule has 1 spiro atoms. The fourth-order valence-corrected chi connectivity index (χ4v) is 4.59. The van der Waals surface area contributed by atoms with E-state index in [1.165, 1.54) is 50.6 Å². The van der Waals surface area contributed by atoms with Crippen LogP contribution in [-0.4, -0.2) is 29.6 Å². The van der Waals surface area contributed by atoms with Crippen LogP contribution >= 0.6 is 0 Å². The lowest BCUT2D eigenvalue weighted by atomic mass is 9.88. The smallest absolute Gasteiger partial charge is 0.0476 e. The maximum atomic E-state index is 3.95. The Morgan fingerprint density at radius 2 is 1.86 bits per heavy atom. The van der Waals surface area contributed by atoms with Gasteiger partial charge in [0.15, 0.2) is 0 Å². The van der Waals surface area contributed by atoms with Gasteiger partial charge in [-0.25, -0.2) is 0 Å². The Kier molecular flexibility index (Phi) is 3.55. The summed E-state index contributed by atoms with van der Waals surface area (Å²) in [5.41, 5.74) is 1.92. The second kappa shape index (κ2) is 5.40. The van der Waals surface area contributed by atoms with Crippen LogP contribution < -0.4 is 5.32 Å². The van der Waals surface area contributed by atoms with Crippen LogP contribution in [0.5, 0.6) is 0 Å². The second-order valence-electron chi connectivity index (χ2n) is 7.55. The largest absolute Gasteiger partial charge is 0.308 e. The molecule has 2 heteroatoms. The van der Waals surface area contributed by atoms with Gasteiger partial charge in [-0.3, -0.25) is 4.90 Å². The topological polar surface area (TPSA) is 15.3 Å². The lowest BCUT2D eigenvalue weighted by Crippen LogP contribution is -2.62. The summed E-state index contributed by atoms with van der Waals surface area (Å²) in [6.45, 7) is 4.85. The van der Waals surface area contributed by atoms with Crippen molar-refractivity contribution >= 4 is 0 Å². The number of hydrogen-bond acceptors (Lipinski definition) is 2.